The summed E-state index contributed by atoms with van der Waals surface area (Å²) in [5.41, 5.74) is 5.86. The molecule has 1 aliphatic rings. The fraction of sp³-hybridized carbons (Fsp3) is 0.750. The molecule has 1 aromatic heterocycles. The number of nitrogens with two attached hydrogens (primary N) is 1. The average molecular weight is 166 g/mol. The number of nitrogens with zero attached hydrogens (tertiary/aromatic N) is 3. The summed E-state index contributed by atoms with van der Waals surface area (Å²) in [6, 6.07) is 0.188. The van der Waals surface area contributed by atoms with Crippen LogP contribution in [0.25, 0.3) is 0 Å². The number of aromatic nitrogens is 3. The quantitative estimate of drug-likeness (QED) is 0.661. The topological polar surface area (TPSA) is 56.7 Å². The Hall–Kier alpha value is -0.900. The zero-order chi connectivity index (χ0) is 8.55. The number of aryl methyl sites for hydroxylation is 1. The van der Waals surface area contributed by atoms with Crippen LogP contribution in [0.15, 0.2) is 6.33 Å². The highest BCUT2D eigenvalue weighted by molar-refractivity contribution is 5.02. The van der Waals surface area contributed by atoms with Gasteiger partial charge in [0.25, 0.3) is 0 Å². The zero-order valence-electron chi connectivity index (χ0n) is 7.27. The van der Waals surface area contributed by atoms with Gasteiger partial charge in [-0.1, -0.05) is 0 Å². The molecule has 0 fully saturated rings. The number of hydrogen-bond acceptors (Lipinski definition) is 3. The second-order valence-electron chi connectivity index (χ2n) is 3.49. The molecule has 0 amide bonds. The molecular weight excluding hydrogens is 152 g/mol. The van der Waals surface area contributed by atoms with Crippen molar-refractivity contribution in [1.82, 2.24) is 14.8 Å². The third-order valence-electron chi connectivity index (χ3n) is 2.53. The molecule has 0 saturated heterocycles. The van der Waals surface area contributed by atoms with Gasteiger partial charge in [-0.25, -0.2) is 0 Å². The van der Waals surface area contributed by atoms with Crippen LogP contribution in [0.1, 0.15) is 31.5 Å². The SMILES string of the molecule is CC(N)C1CCCn2cnnc21. The molecule has 2 rings (SSSR count). The number of hydrogen-bond donors (Lipinski definition) is 1. The van der Waals surface area contributed by atoms with Crippen molar-refractivity contribution in [2.75, 3.05) is 0 Å². The molecule has 4 nitrogen and oxygen atoms in total. The maximum absolute atomic E-state index is 5.86. The molecule has 2 unspecified atom stereocenters. The van der Waals surface area contributed by atoms with Crippen molar-refractivity contribution in [2.24, 2.45) is 5.73 Å². The van der Waals surface area contributed by atoms with Crippen LogP contribution in [-0.2, 0) is 6.54 Å². The second kappa shape index (κ2) is 2.86. The third-order valence-corrected chi connectivity index (χ3v) is 2.53. The molecule has 1 aromatic rings. The molecule has 2 atom stereocenters. The first-order valence-electron chi connectivity index (χ1n) is 4.42. The maximum atomic E-state index is 5.86. The number of fused-ring (bicyclic) bond motifs is 1. The van der Waals surface area contributed by atoms with Crippen LogP contribution in [0.4, 0.5) is 0 Å². The van der Waals surface area contributed by atoms with Crippen LogP contribution in [0, 0.1) is 0 Å². The van der Waals surface area contributed by atoms with Crippen LogP contribution in [0.2, 0.25) is 0 Å². The van der Waals surface area contributed by atoms with E-state index in [1.54, 1.807) is 6.33 Å². The smallest absolute Gasteiger partial charge is 0.137 e. The van der Waals surface area contributed by atoms with Crippen LogP contribution < -0.4 is 5.73 Å². The molecule has 0 aromatic carbocycles. The van der Waals surface area contributed by atoms with E-state index in [-0.39, 0.29) is 6.04 Å². The van der Waals surface area contributed by atoms with Crippen molar-refractivity contribution in [3.8, 4) is 0 Å². The van der Waals surface area contributed by atoms with Gasteiger partial charge in [-0.15, -0.1) is 10.2 Å². The van der Waals surface area contributed by atoms with Crippen LogP contribution in [0.3, 0.4) is 0 Å². The summed E-state index contributed by atoms with van der Waals surface area (Å²) in [6.45, 7) is 3.08. The summed E-state index contributed by atoms with van der Waals surface area (Å²) in [5, 5.41) is 7.99. The van der Waals surface area contributed by atoms with E-state index in [2.05, 4.69) is 14.8 Å². The van der Waals surface area contributed by atoms with E-state index < -0.39 is 0 Å². The van der Waals surface area contributed by atoms with Crippen molar-refractivity contribution in [3.63, 3.8) is 0 Å². The molecule has 0 aliphatic carbocycles. The molecule has 4 heteroatoms. The predicted molar refractivity (Wildman–Crippen MR) is 45.6 cm³/mol. The van der Waals surface area contributed by atoms with Gasteiger partial charge in [0.05, 0.1) is 0 Å². The molecular formula is C8H14N4. The summed E-state index contributed by atoms with van der Waals surface area (Å²) in [4.78, 5) is 0. The fourth-order valence-corrected chi connectivity index (χ4v) is 1.83. The Morgan fingerprint density at radius 1 is 1.75 bits per heavy atom. The fourth-order valence-electron chi connectivity index (χ4n) is 1.83. The Balaban J connectivity index is 2.31. The molecule has 0 spiro atoms. The lowest BCUT2D eigenvalue weighted by Crippen LogP contribution is -2.30. The maximum Gasteiger partial charge on any atom is 0.137 e. The highest BCUT2D eigenvalue weighted by Gasteiger charge is 2.24. The molecule has 1 aliphatic heterocycles. The first kappa shape index (κ1) is 7.73. The predicted octanol–water partition coefficient (Wildman–Crippen LogP) is 0.503. The van der Waals surface area contributed by atoms with E-state index in [9.17, 15) is 0 Å². The van der Waals surface area contributed by atoms with Crippen molar-refractivity contribution in [1.29, 1.82) is 0 Å². The van der Waals surface area contributed by atoms with Crippen LogP contribution >= 0.6 is 0 Å². The van der Waals surface area contributed by atoms with Gasteiger partial charge in [-0.05, 0) is 19.8 Å². The molecule has 66 valence electrons. The minimum atomic E-state index is 0.188. The van der Waals surface area contributed by atoms with E-state index >= 15 is 0 Å². The van der Waals surface area contributed by atoms with Gasteiger partial charge >= 0.3 is 0 Å². The van der Waals surface area contributed by atoms with Gasteiger partial charge in [0.15, 0.2) is 0 Å². The average Bonchev–Trinajstić information content (AvgIpc) is 2.49. The highest BCUT2D eigenvalue weighted by Crippen LogP contribution is 2.26. The van der Waals surface area contributed by atoms with Gasteiger partial charge < -0.3 is 10.3 Å². The molecule has 12 heavy (non-hydrogen) atoms. The Morgan fingerprint density at radius 2 is 2.58 bits per heavy atom. The third kappa shape index (κ3) is 1.12. The molecule has 2 N–H and O–H groups in total. The lowest BCUT2D eigenvalue weighted by atomic mass is 9.93. The Kier molecular flexibility index (Phi) is 1.84. The summed E-state index contributed by atoms with van der Waals surface area (Å²) in [7, 11) is 0. The monoisotopic (exact) mass is 166 g/mol. The van der Waals surface area contributed by atoms with Crippen molar-refractivity contribution in [2.45, 2.75) is 38.3 Å². The lowest BCUT2D eigenvalue weighted by molar-refractivity contribution is 0.403. The van der Waals surface area contributed by atoms with Crippen LogP contribution in [-0.4, -0.2) is 20.8 Å². The lowest BCUT2D eigenvalue weighted by Gasteiger charge is -2.24. The summed E-state index contributed by atoms with van der Waals surface area (Å²) < 4.78 is 2.11. The van der Waals surface area contributed by atoms with E-state index in [1.165, 1.54) is 6.42 Å². The zero-order valence-corrected chi connectivity index (χ0v) is 7.27. The largest absolute Gasteiger partial charge is 0.327 e. The van der Waals surface area contributed by atoms with Gasteiger partial charge in [0.1, 0.15) is 12.2 Å². The van der Waals surface area contributed by atoms with Gasteiger partial charge in [-0.2, -0.15) is 0 Å². The van der Waals surface area contributed by atoms with E-state index in [4.69, 9.17) is 5.73 Å². The molecule has 0 saturated carbocycles. The summed E-state index contributed by atoms with van der Waals surface area (Å²) in [6.07, 6.45) is 4.14. The minimum Gasteiger partial charge on any atom is -0.327 e. The molecule has 0 radical (unpaired) electrons. The standard InChI is InChI=1S/C8H14N4/c1-6(9)7-3-2-4-12-5-10-11-8(7)12/h5-7H,2-4,9H2,1H3. The Morgan fingerprint density at radius 3 is 3.33 bits per heavy atom. The van der Waals surface area contributed by atoms with E-state index in [0.717, 1.165) is 18.8 Å². The minimum absolute atomic E-state index is 0.188. The van der Waals surface area contributed by atoms with E-state index in [1.807, 2.05) is 6.92 Å². The van der Waals surface area contributed by atoms with Crippen molar-refractivity contribution in [3.05, 3.63) is 12.2 Å². The normalized spacial score (nSPS) is 25.0. The van der Waals surface area contributed by atoms with Gasteiger partial charge in [0.2, 0.25) is 0 Å². The number of rotatable bonds is 1. The van der Waals surface area contributed by atoms with Crippen LogP contribution in [0.5, 0.6) is 0 Å². The summed E-state index contributed by atoms with van der Waals surface area (Å²) >= 11 is 0. The van der Waals surface area contributed by atoms with Gasteiger partial charge in [-0.3, -0.25) is 0 Å². The first-order valence-corrected chi connectivity index (χ1v) is 4.42. The van der Waals surface area contributed by atoms with Crippen molar-refractivity contribution < 1.29 is 0 Å². The Bertz CT molecular complexity index is 266. The first-order chi connectivity index (χ1) is 5.79. The molecule has 2 heterocycles. The highest BCUT2D eigenvalue weighted by atomic mass is 15.3. The molecule has 0 bridgehead atoms. The second-order valence-corrected chi connectivity index (χ2v) is 3.49. The van der Waals surface area contributed by atoms with Gasteiger partial charge in [0, 0.05) is 18.5 Å². The Labute approximate surface area is 71.8 Å². The van der Waals surface area contributed by atoms with E-state index in [0.29, 0.717) is 5.92 Å². The summed E-state index contributed by atoms with van der Waals surface area (Å²) in [5.74, 6) is 1.47. The van der Waals surface area contributed by atoms with Crippen molar-refractivity contribution >= 4 is 0 Å².